The fourth-order valence-electron chi connectivity index (χ4n) is 7.37. The number of fused-ring (bicyclic) bond motifs is 1. The number of aryl methyl sites for hydroxylation is 2. The monoisotopic (exact) mass is 586 g/mol. The van der Waals surface area contributed by atoms with Gasteiger partial charge in [-0.25, -0.2) is 0 Å². The highest BCUT2D eigenvalue weighted by Gasteiger charge is 2.72. The van der Waals surface area contributed by atoms with Crippen LogP contribution in [0.25, 0.3) is 0 Å². The van der Waals surface area contributed by atoms with Crippen molar-refractivity contribution in [2.45, 2.75) is 76.2 Å². The molecule has 0 radical (unpaired) electrons. The molecule has 2 bridgehead atoms. The summed E-state index contributed by atoms with van der Waals surface area (Å²) in [4.78, 5) is 45.8. The van der Waals surface area contributed by atoms with Crippen LogP contribution in [0.5, 0.6) is 0 Å². The zero-order chi connectivity index (χ0) is 27.9. The van der Waals surface area contributed by atoms with Crippen molar-refractivity contribution in [1.29, 1.82) is 0 Å². The smallest absolute Gasteiger partial charge is 0.246 e. The molecular formula is C31H43ClN4O5. The molecule has 1 aromatic carbocycles. The molecule has 4 aliphatic heterocycles. The van der Waals surface area contributed by atoms with E-state index in [1.54, 1.807) is 4.90 Å². The van der Waals surface area contributed by atoms with Crippen molar-refractivity contribution in [1.82, 2.24) is 15.1 Å². The predicted octanol–water partition coefficient (Wildman–Crippen LogP) is 2.99. The minimum Gasteiger partial charge on any atom is -0.379 e. The van der Waals surface area contributed by atoms with Gasteiger partial charge in [-0.1, -0.05) is 37.5 Å². The van der Waals surface area contributed by atoms with E-state index in [1.165, 1.54) is 6.42 Å². The number of hydrogen-bond donors (Lipinski definition) is 2. The van der Waals surface area contributed by atoms with Gasteiger partial charge in [0.2, 0.25) is 17.7 Å². The first-order chi connectivity index (χ1) is 19.4. The number of carbonyl (C=O) groups is 3. The average molecular weight is 587 g/mol. The second-order valence-electron chi connectivity index (χ2n) is 12.2. The Kier molecular flexibility index (Phi) is 9.09. The summed E-state index contributed by atoms with van der Waals surface area (Å²) in [5.41, 5.74) is 1.81. The van der Waals surface area contributed by atoms with Gasteiger partial charge in [-0.2, -0.15) is 0 Å². The van der Waals surface area contributed by atoms with Crippen molar-refractivity contribution in [2.75, 3.05) is 44.7 Å². The standard InChI is InChI=1S/C31H42N4O5.ClH/c1-20-9-10-23(19-21(20)2)33-28(36)25-24-11-12-31(40-24)26(25)30(38)35(14-6-13-34-15-17-39-18-16-34)27(31)29(37)32-22-7-4-3-5-8-22;/h9-12,19,22,24-27H,3-8,13-18H2,1-2H3,(H,32,37)(H,33,36);1H. The molecule has 224 valence electrons. The van der Waals surface area contributed by atoms with Gasteiger partial charge in [0.05, 0.1) is 31.2 Å². The zero-order valence-electron chi connectivity index (χ0n) is 24.1. The zero-order valence-corrected chi connectivity index (χ0v) is 24.9. The Hall–Kier alpha value is -2.46. The number of likely N-dealkylation sites (tertiary alicyclic amines) is 1. The van der Waals surface area contributed by atoms with E-state index in [1.807, 2.05) is 44.2 Å². The molecule has 3 amide bonds. The molecule has 5 aliphatic rings. The fraction of sp³-hybridized carbons (Fsp3) is 0.645. The molecule has 5 atom stereocenters. The van der Waals surface area contributed by atoms with Crippen LogP contribution >= 0.6 is 12.4 Å². The minimum atomic E-state index is -1.12. The van der Waals surface area contributed by atoms with Crippen LogP contribution in [0.15, 0.2) is 30.4 Å². The van der Waals surface area contributed by atoms with Crippen molar-refractivity contribution in [3.8, 4) is 0 Å². The van der Waals surface area contributed by atoms with Crippen LogP contribution in [0, 0.1) is 25.7 Å². The van der Waals surface area contributed by atoms with E-state index in [2.05, 4.69) is 15.5 Å². The first-order valence-corrected chi connectivity index (χ1v) is 15.0. The molecule has 1 aliphatic carbocycles. The normalized spacial score (nSPS) is 31.2. The Balaban J connectivity index is 0.00000337. The molecule has 1 spiro atoms. The van der Waals surface area contributed by atoms with Crippen molar-refractivity contribution >= 4 is 35.8 Å². The van der Waals surface area contributed by atoms with Crippen LogP contribution < -0.4 is 10.6 Å². The number of ether oxygens (including phenoxy) is 2. The molecule has 4 fully saturated rings. The molecule has 2 N–H and O–H groups in total. The fourth-order valence-corrected chi connectivity index (χ4v) is 7.37. The maximum Gasteiger partial charge on any atom is 0.246 e. The summed E-state index contributed by atoms with van der Waals surface area (Å²) in [5.74, 6) is -1.96. The number of halogens is 1. The lowest BCUT2D eigenvalue weighted by atomic mass is 9.74. The number of nitrogens with one attached hydrogen (secondary N) is 2. The molecule has 4 heterocycles. The molecule has 10 heteroatoms. The summed E-state index contributed by atoms with van der Waals surface area (Å²) in [7, 11) is 0. The van der Waals surface area contributed by atoms with Gasteiger partial charge in [0.25, 0.3) is 0 Å². The highest BCUT2D eigenvalue weighted by atomic mass is 35.5. The van der Waals surface area contributed by atoms with Crippen molar-refractivity contribution < 1.29 is 23.9 Å². The number of nitrogens with zero attached hydrogens (tertiary/aromatic N) is 2. The second-order valence-corrected chi connectivity index (χ2v) is 12.2. The molecular weight excluding hydrogens is 544 g/mol. The number of morpholine rings is 1. The predicted molar refractivity (Wildman–Crippen MR) is 158 cm³/mol. The van der Waals surface area contributed by atoms with Gasteiger partial charge >= 0.3 is 0 Å². The summed E-state index contributed by atoms with van der Waals surface area (Å²) in [6, 6.07) is 5.15. The maximum absolute atomic E-state index is 14.1. The largest absolute Gasteiger partial charge is 0.379 e. The lowest BCUT2D eigenvalue weighted by Crippen LogP contribution is -2.56. The van der Waals surface area contributed by atoms with Crippen molar-refractivity contribution in [3.63, 3.8) is 0 Å². The highest BCUT2D eigenvalue weighted by molar-refractivity contribution is 6.02. The van der Waals surface area contributed by atoms with Crippen LogP contribution in [0.1, 0.15) is 49.7 Å². The molecule has 1 aromatic rings. The van der Waals surface area contributed by atoms with Crippen LogP contribution in [0.2, 0.25) is 0 Å². The van der Waals surface area contributed by atoms with E-state index >= 15 is 0 Å². The van der Waals surface area contributed by atoms with E-state index in [0.717, 1.165) is 76.1 Å². The summed E-state index contributed by atoms with van der Waals surface area (Å²) in [6.07, 6.45) is 9.31. The van der Waals surface area contributed by atoms with Gasteiger partial charge in [-0.3, -0.25) is 19.3 Å². The van der Waals surface area contributed by atoms with Crippen molar-refractivity contribution in [3.05, 3.63) is 41.5 Å². The van der Waals surface area contributed by atoms with Gasteiger partial charge in [-0.15, -0.1) is 12.4 Å². The first-order valence-electron chi connectivity index (χ1n) is 15.0. The minimum absolute atomic E-state index is 0. The van der Waals surface area contributed by atoms with E-state index in [9.17, 15) is 14.4 Å². The molecule has 41 heavy (non-hydrogen) atoms. The Morgan fingerprint density at radius 2 is 1.78 bits per heavy atom. The van der Waals surface area contributed by atoms with Gasteiger partial charge in [0.15, 0.2) is 0 Å². The average Bonchev–Trinajstić information content (AvgIpc) is 3.59. The summed E-state index contributed by atoms with van der Waals surface area (Å²) in [6.45, 7) is 8.51. The first kappa shape index (κ1) is 30.0. The number of amides is 3. The lowest BCUT2D eigenvalue weighted by molar-refractivity contribution is -0.141. The van der Waals surface area contributed by atoms with E-state index in [4.69, 9.17) is 9.47 Å². The van der Waals surface area contributed by atoms with Crippen LogP contribution in [0.4, 0.5) is 5.69 Å². The number of benzene rings is 1. The maximum atomic E-state index is 14.1. The SMILES string of the molecule is Cc1ccc(NC(=O)C2C3C=CC4(O3)C2C(=O)N(CCCN2CCOCC2)C4C(=O)NC2CCCCC2)cc1C.Cl. The third-order valence-electron chi connectivity index (χ3n) is 9.63. The third-order valence-corrected chi connectivity index (χ3v) is 9.63. The van der Waals surface area contributed by atoms with Gasteiger partial charge in [0, 0.05) is 37.9 Å². The van der Waals surface area contributed by atoms with Crippen molar-refractivity contribution in [2.24, 2.45) is 11.8 Å². The van der Waals surface area contributed by atoms with Crippen LogP contribution in [-0.4, -0.2) is 90.7 Å². The Morgan fingerprint density at radius 1 is 1.02 bits per heavy atom. The molecule has 3 saturated heterocycles. The molecule has 6 rings (SSSR count). The van der Waals surface area contributed by atoms with E-state index < -0.39 is 29.6 Å². The van der Waals surface area contributed by atoms with E-state index in [-0.39, 0.29) is 36.2 Å². The number of rotatable bonds is 8. The lowest BCUT2D eigenvalue weighted by Gasteiger charge is -2.34. The summed E-state index contributed by atoms with van der Waals surface area (Å²) < 4.78 is 12.0. The third kappa shape index (κ3) is 5.66. The topological polar surface area (TPSA) is 100 Å². The second kappa shape index (κ2) is 12.4. The molecule has 1 saturated carbocycles. The summed E-state index contributed by atoms with van der Waals surface area (Å²) in [5, 5.41) is 6.30. The van der Waals surface area contributed by atoms with Gasteiger partial charge in [-0.05, 0) is 56.4 Å². The van der Waals surface area contributed by atoms with Crippen LogP contribution in [0.3, 0.4) is 0 Å². The summed E-state index contributed by atoms with van der Waals surface area (Å²) >= 11 is 0. The quantitative estimate of drug-likeness (QED) is 0.454. The molecule has 9 nitrogen and oxygen atoms in total. The number of hydrogen-bond acceptors (Lipinski definition) is 6. The Labute approximate surface area is 248 Å². The molecule has 5 unspecified atom stereocenters. The van der Waals surface area contributed by atoms with Gasteiger partial charge < -0.3 is 25.0 Å². The number of anilines is 1. The van der Waals surface area contributed by atoms with E-state index in [0.29, 0.717) is 12.2 Å². The van der Waals surface area contributed by atoms with Crippen LogP contribution in [-0.2, 0) is 23.9 Å². The highest BCUT2D eigenvalue weighted by Crippen LogP contribution is 2.55. The Morgan fingerprint density at radius 3 is 2.51 bits per heavy atom. The molecule has 0 aromatic heterocycles. The van der Waals surface area contributed by atoms with Gasteiger partial charge in [0.1, 0.15) is 11.6 Å². The number of carbonyl (C=O) groups excluding carboxylic acids is 3. The Bertz CT molecular complexity index is 1180.